The molecule has 1 fully saturated rings. The topological polar surface area (TPSA) is 32.7 Å². The number of aliphatic hydroxyl groups is 1. The molecule has 0 spiro atoms. The number of rotatable bonds is 4. The van der Waals surface area contributed by atoms with Gasteiger partial charge in [-0.15, -0.1) is 11.3 Å². The van der Waals surface area contributed by atoms with E-state index in [1.165, 1.54) is 11.3 Å². The second kappa shape index (κ2) is 4.96. The molecule has 0 radical (unpaired) electrons. The lowest BCUT2D eigenvalue weighted by Crippen LogP contribution is -2.31. The molecular formula is C11H17NO2S. The molecule has 1 aliphatic heterocycles. The van der Waals surface area contributed by atoms with Gasteiger partial charge in [0.2, 0.25) is 0 Å². The van der Waals surface area contributed by atoms with Crippen molar-refractivity contribution >= 4 is 11.3 Å². The summed E-state index contributed by atoms with van der Waals surface area (Å²) < 4.78 is 5.16. The third kappa shape index (κ3) is 2.51. The van der Waals surface area contributed by atoms with Crippen molar-refractivity contribution in [1.29, 1.82) is 0 Å². The molecular weight excluding hydrogens is 210 g/mol. The van der Waals surface area contributed by atoms with Gasteiger partial charge in [-0.1, -0.05) is 0 Å². The van der Waals surface area contributed by atoms with Gasteiger partial charge in [-0.25, -0.2) is 0 Å². The summed E-state index contributed by atoms with van der Waals surface area (Å²) >= 11 is 1.69. The maximum absolute atomic E-state index is 9.20. The Morgan fingerprint density at radius 1 is 1.60 bits per heavy atom. The molecule has 1 aliphatic rings. The quantitative estimate of drug-likeness (QED) is 0.850. The van der Waals surface area contributed by atoms with Crippen molar-refractivity contribution in [3.05, 3.63) is 17.0 Å². The number of hydrogen-bond acceptors (Lipinski definition) is 4. The van der Waals surface area contributed by atoms with Crippen molar-refractivity contribution in [2.24, 2.45) is 0 Å². The van der Waals surface area contributed by atoms with E-state index in [0.717, 1.165) is 24.6 Å². The van der Waals surface area contributed by atoms with Gasteiger partial charge < -0.3 is 9.84 Å². The van der Waals surface area contributed by atoms with Crippen LogP contribution in [-0.4, -0.2) is 36.3 Å². The van der Waals surface area contributed by atoms with Gasteiger partial charge in [0.15, 0.2) is 5.06 Å². The molecule has 1 aromatic heterocycles. The zero-order valence-electron chi connectivity index (χ0n) is 8.98. The van der Waals surface area contributed by atoms with Gasteiger partial charge in [-0.2, -0.15) is 0 Å². The fourth-order valence-corrected chi connectivity index (χ4v) is 2.91. The Hall–Kier alpha value is -0.580. The van der Waals surface area contributed by atoms with Crippen LogP contribution >= 0.6 is 11.3 Å². The first-order chi connectivity index (χ1) is 7.33. The monoisotopic (exact) mass is 227 g/mol. The Morgan fingerprint density at radius 2 is 2.47 bits per heavy atom. The van der Waals surface area contributed by atoms with Gasteiger partial charge in [0, 0.05) is 17.5 Å². The predicted molar refractivity (Wildman–Crippen MR) is 61.4 cm³/mol. The molecule has 3 nitrogen and oxygen atoms in total. The molecule has 1 aromatic rings. The van der Waals surface area contributed by atoms with Gasteiger partial charge in [0.25, 0.3) is 0 Å². The summed E-state index contributed by atoms with van der Waals surface area (Å²) in [6.07, 6.45) is 2.33. The highest BCUT2D eigenvalue weighted by Crippen LogP contribution is 2.27. The van der Waals surface area contributed by atoms with Crippen molar-refractivity contribution in [2.45, 2.75) is 25.4 Å². The highest BCUT2D eigenvalue weighted by molar-refractivity contribution is 7.13. The molecule has 1 N–H and O–H groups in total. The first kappa shape index (κ1) is 10.9. The van der Waals surface area contributed by atoms with Gasteiger partial charge in [-0.05, 0) is 31.5 Å². The van der Waals surface area contributed by atoms with Crippen molar-refractivity contribution in [3.8, 4) is 5.06 Å². The molecule has 2 heterocycles. The van der Waals surface area contributed by atoms with E-state index in [1.807, 2.05) is 6.07 Å². The van der Waals surface area contributed by atoms with E-state index >= 15 is 0 Å². The van der Waals surface area contributed by atoms with Crippen molar-refractivity contribution in [3.63, 3.8) is 0 Å². The number of likely N-dealkylation sites (tertiary alicyclic amines) is 1. The summed E-state index contributed by atoms with van der Waals surface area (Å²) in [5.74, 6) is 0. The van der Waals surface area contributed by atoms with E-state index < -0.39 is 0 Å². The van der Waals surface area contributed by atoms with Crippen LogP contribution in [0.25, 0.3) is 0 Å². The zero-order chi connectivity index (χ0) is 10.7. The van der Waals surface area contributed by atoms with E-state index in [9.17, 15) is 5.11 Å². The number of hydrogen-bond donors (Lipinski definition) is 1. The standard InChI is InChI=1S/C11H17NO2S/c1-14-11-5-4-10(15-11)7-12-6-2-3-9(12)8-13/h4-5,9,13H,2-3,6-8H2,1H3/t9-/m1/s1. The SMILES string of the molecule is COc1ccc(CN2CCC[C@@H]2CO)s1. The van der Waals surface area contributed by atoms with Crippen LogP contribution in [0, 0.1) is 0 Å². The maximum atomic E-state index is 9.20. The predicted octanol–water partition coefficient (Wildman–Crippen LogP) is 1.71. The molecule has 84 valence electrons. The van der Waals surface area contributed by atoms with Crippen LogP contribution in [0.1, 0.15) is 17.7 Å². The Labute approximate surface area is 94.3 Å². The number of ether oxygens (including phenoxy) is 1. The van der Waals surface area contributed by atoms with Gasteiger partial charge in [0.1, 0.15) is 0 Å². The van der Waals surface area contributed by atoms with Crippen LogP contribution in [0.2, 0.25) is 0 Å². The molecule has 0 aromatic carbocycles. The first-order valence-corrected chi connectivity index (χ1v) is 6.12. The van der Waals surface area contributed by atoms with E-state index in [1.54, 1.807) is 18.4 Å². The minimum absolute atomic E-state index is 0.280. The van der Waals surface area contributed by atoms with E-state index in [0.29, 0.717) is 6.04 Å². The Morgan fingerprint density at radius 3 is 3.13 bits per heavy atom. The Kier molecular flexibility index (Phi) is 3.61. The zero-order valence-corrected chi connectivity index (χ0v) is 9.80. The lowest BCUT2D eigenvalue weighted by atomic mass is 10.2. The smallest absolute Gasteiger partial charge is 0.173 e. The fraction of sp³-hybridized carbons (Fsp3) is 0.636. The summed E-state index contributed by atoms with van der Waals surface area (Å²) in [7, 11) is 1.70. The van der Waals surface area contributed by atoms with Gasteiger partial charge in [0.05, 0.1) is 13.7 Å². The van der Waals surface area contributed by atoms with Crippen LogP contribution in [0.4, 0.5) is 0 Å². The molecule has 0 unspecified atom stereocenters. The van der Waals surface area contributed by atoms with E-state index in [-0.39, 0.29) is 6.61 Å². The Balaban J connectivity index is 1.95. The molecule has 0 amide bonds. The van der Waals surface area contributed by atoms with Crippen molar-refractivity contribution in [1.82, 2.24) is 4.90 Å². The van der Waals surface area contributed by atoms with Crippen LogP contribution in [0.3, 0.4) is 0 Å². The molecule has 4 heteroatoms. The summed E-state index contributed by atoms with van der Waals surface area (Å²) in [5.41, 5.74) is 0. The number of thiophene rings is 1. The largest absolute Gasteiger partial charge is 0.487 e. The fourth-order valence-electron chi connectivity index (χ4n) is 2.06. The molecule has 0 bridgehead atoms. The third-order valence-corrected chi connectivity index (χ3v) is 3.94. The third-order valence-electron chi connectivity index (χ3n) is 2.91. The number of aliphatic hydroxyl groups excluding tert-OH is 1. The van der Waals surface area contributed by atoms with Crippen LogP contribution in [-0.2, 0) is 6.54 Å². The highest BCUT2D eigenvalue weighted by atomic mass is 32.1. The molecule has 1 saturated heterocycles. The summed E-state index contributed by atoms with van der Waals surface area (Å²) in [5, 5.41) is 10.2. The summed E-state index contributed by atoms with van der Waals surface area (Å²) in [6.45, 7) is 2.33. The molecule has 15 heavy (non-hydrogen) atoms. The second-order valence-electron chi connectivity index (χ2n) is 3.87. The average Bonchev–Trinajstić information content (AvgIpc) is 2.87. The molecule has 0 saturated carbocycles. The lowest BCUT2D eigenvalue weighted by Gasteiger charge is -2.21. The van der Waals surface area contributed by atoms with Crippen LogP contribution in [0.5, 0.6) is 5.06 Å². The normalized spacial score (nSPS) is 22.1. The van der Waals surface area contributed by atoms with E-state index in [2.05, 4.69) is 11.0 Å². The van der Waals surface area contributed by atoms with Gasteiger partial charge in [-0.3, -0.25) is 4.90 Å². The van der Waals surface area contributed by atoms with Crippen LogP contribution < -0.4 is 4.74 Å². The maximum Gasteiger partial charge on any atom is 0.173 e. The van der Waals surface area contributed by atoms with Gasteiger partial charge >= 0.3 is 0 Å². The number of methoxy groups -OCH3 is 1. The second-order valence-corrected chi connectivity index (χ2v) is 5.00. The summed E-state index contributed by atoms with van der Waals surface area (Å²) in [4.78, 5) is 3.66. The highest BCUT2D eigenvalue weighted by Gasteiger charge is 2.23. The van der Waals surface area contributed by atoms with E-state index in [4.69, 9.17) is 4.74 Å². The lowest BCUT2D eigenvalue weighted by molar-refractivity contribution is 0.154. The molecule has 0 aliphatic carbocycles. The minimum atomic E-state index is 0.280. The van der Waals surface area contributed by atoms with Crippen molar-refractivity contribution < 1.29 is 9.84 Å². The number of nitrogens with zero attached hydrogens (tertiary/aromatic N) is 1. The van der Waals surface area contributed by atoms with Crippen molar-refractivity contribution in [2.75, 3.05) is 20.3 Å². The first-order valence-electron chi connectivity index (χ1n) is 5.31. The average molecular weight is 227 g/mol. The summed E-state index contributed by atoms with van der Waals surface area (Å²) in [6, 6.07) is 4.47. The molecule has 2 rings (SSSR count). The Bertz CT molecular complexity index is 313. The molecule has 1 atom stereocenters. The minimum Gasteiger partial charge on any atom is -0.487 e. The van der Waals surface area contributed by atoms with Crippen LogP contribution in [0.15, 0.2) is 12.1 Å².